The van der Waals surface area contributed by atoms with E-state index in [1.165, 1.54) is 0 Å². The monoisotopic (exact) mass is 188 g/mol. The van der Waals surface area contributed by atoms with Crippen molar-refractivity contribution in [3.8, 4) is 0 Å². The minimum atomic E-state index is 0.0248. The van der Waals surface area contributed by atoms with Gasteiger partial charge in [-0.3, -0.25) is 5.21 Å². The number of nitrogens with zero attached hydrogens (tertiary/aromatic N) is 2. The van der Waals surface area contributed by atoms with Crippen molar-refractivity contribution in [2.45, 2.75) is 6.10 Å². The lowest BCUT2D eigenvalue weighted by molar-refractivity contribution is -0.0137. The number of rotatable bonds is 2. The van der Waals surface area contributed by atoms with Crippen molar-refractivity contribution < 1.29 is 9.94 Å². The van der Waals surface area contributed by atoms with Gasteiger partial charge in [0.1, 0.15) is 0 Å². The third kappa shape index (κ3) is 3.58. The SMILES string of the molecule is CN1CCOC(CN=C(N)NO)C1. The normalized spacial score (nSPS) is 26.0. The molecule has 1 aliphatic rings. The molecule has 0 radical (unpaired) electrons. The lowest BCUT2D eigenvalue weighted by Crippen LogP contribution is -2.42. The largest absolute Gasteiger partial charge is 0.374 e. The Hall–Kier alpha value is -0.850. The third-order valence-electron chi connectivity index (χ3n) is 1.92. The van der Waals surface area contributed by atoms with E-state index >= 15 is 0 Å². The molecule has 1 atom stereocenters. The van der Waals surface area contributed by atoms with Crippen molar-refractivity contribution in [1.82, 2.24) is 10.4 Å². The van der Waals surface area contributed by atoms with Gasteiger partial charge in [0.15, 0.2) is 0 Å². The van der Waals surface area contributed by atoms with Crippen LogP contribution in [0.3, 0.4) is 0 Å². The van der Waals surface area contributed by atoms with Gasteiger partial charge in [-0.1, -0.05) is 0 Å². The summed E-state index contributed by atoms with van der Waals surface area (Å²) in [4.78, 5) is 6.06. The second-order valence-corrected chi connectivity index (χ2v) is 3.09. The topological polar surface area (TPSA) is 83.1 Å². The van der Waals surface area contributed by atoms with E-state index in [9.17, 15) is 0 Å². The molecule has 1 fully saturated rings. The van der Waals surface area contributed by atoms with Crippen LogP contribution in [-0.2, 0) is 4.74 Å². The number of morpholine rings is 1. The lowest BCUT2D eigenvalue weighted by Gasteiger charge is -2.28. The highest BCUT2D eigenvalue weighted by Crippen LogP contribution is 2.02. The molecule has 0 aliphatic carbocycles. The predicted octanol–water partition coefficient (Wildman–Crippen LogP) is -1.39. The highest BCUT2D eigenvalue weighted by Gasteiger charge is 2.16. The molecule has 0 spiro atoms. The van der Waals surface area contributed by atoms with E-state index in [4.69, 9.17) is 15.7 Å². The molecule has 1 saturated heterocycles. The van der Waals surface area contributed by atoms with Crippen molar-refractivity contribution >= 4 is 5.96 Å². The van der Waals surface area contributed by atoms with E-state index in [0.29, 0.717) is 6.54 Å². The summed E-state index contributed by atoms with van der Waals surface area (Å²) in [5, 5.41) is 8.36. The first kappa shape index (κ1) is 10.2. The minimum Gasteiger partial charge on any atom is -0.374 e. The van der Waals surface area contributed by atoms with Crippen molar-refractivity contribution in [3.63, 3.8) is 0 Å². The van der Waals surface area contributed by atoms with Crippen LogP contribution in [0.15, 0.2) is 4.99 Å². The van der Waals surface area contributed by atoms with Crippen molar-refractivity contribution in [1.29, 1.82) is 0 Å². The molecule has 0 amide bonds. The van der Waals surface area contributed by atoms with Crippen LogP contribution in [0.2, 0.25) is 0 Å². The lowest BCUT2D eigenvalue weighted by atomic mass is 10.3. The zero-order valence-electron chi connectivity index (χ0n) is 7.73. The number of guanidine groups is 1. The van der Waals surface area contributed by atoms with Gasteiger partial charge in [0.05, 0.1) is 19.3 Å². The molecular weight excluding hydrogens is 172 g/mol. The van der Waals surface area contributed by atoms with Crippen LogP contribution in [-0.4, -0.2) is 55.5 Å². The number of nitrogens with two attached hydrogens (primary N) is 1. The van der Waals surface area contributed by atoms with Gasteiger partial charge in [-0.05, 0) is 7.05 Å². The maximum atomic E-state index is 8.36. The molecule has 1 unspecified atom stereocenters. The third-order valence-corrected chi connectivity index (χ3v) is 1.92. The van der Waals surface area contributed by atoms with Crippen molar-refractivity contribution in [2.24, 2.45) is 10.7 Å². The van der Waals surface area contributed by atoms with E-state index in [2.05, 4.69) is 9.89 Å². The number of likely N-dealkylation sites (N-methyl/N-ethyl adjacent to an activating group) is 1. The molecule has 76 valence electrons. The summed E-state index contributed by atoms with van der Waals surface area (Å²) >= 11 is 0. The van der Waals surface area contributed by atoms with Crippen molar-refractivity contribution in [2.75, 3.05) is 33.3 Å². The minimum absolute atomic E-state index is 0.0248. The van der Waals surface area contributed by atoms with E-state index in [-0.39, 0.29) is 12.1 Å². The number of hydroxylamine groups is 1. The van der Waals surface area contributed by atoms with Gasteiger partial charge >= 0.3 is 0 Å². The maximum Gasteiger partial charge on any atom is 0.212 e. The fourth-order valence-corrected chi connectivity index (χ4v) is 1.21. The van der Waals surface area contributed by atoms with Gasteiger partial charge in [-0.25, -0.2) is 10.5 Å². The van der Waals surface area contributed by atoms with Gasteiger partial charge in [0, 0.05) is 13.1 Å². The molecule has 1 rings (SSSR count). The van der Waals surface area contributed by atoms with E-state index in [1.807, 2.05) is 7.05 Å². The van der Waals surface area contributed by atoms with Gasteiger partial charge < -0.3 is 15.4 Å². The van der Waals surface area contributed by atoms with Crippen LogP contribution in [0.1, 0.15) is 0 Å². The Morgan fingerprint density at radius 2 is 2.62 bits per heavy atom. The fourth-order valence-electron chi connectivity index (χ4n) is 1.21. The molecular formula is C7H16N4O2. The van der Waals surface area contributed by atoms with Crippen LogP contribution in [0.25, 0.3) is 0 Å². The molecule has 0 aromatic heterocycles. The molecule has 1 aliphatic heterocycles. The van der Waals surface area contributed by atoms with E-state index in [1.54, 1.807) is 5.48 Å². The Labute approximate surface area is 77.3 Å². The predicted molar refractivity (Wildman–Crippen MR) is 48.6 cm³/mol. The molecule has 0 aromatic rings. The van der Waals surface area contributed by atoms with Gasteiger partial charge in [0.25, 0.3) is 0 Å². The molecule has 0 bridgehead atoms. The van der Waals surface area contributed by atoms with Crippen LogP contribution in [0.5, 0.6) is 0 Å². The Kier molecular flexibility index (Phi) is 3.94. The highest BCUT2D eigenvalue weighted by atomic mass is 16.5. The van der Waals surface area contributed by atoms with Gasteiger partial charge in [-0.2, -0.15) is 0 Å². The molecule has 13 heavy (non-hydrogen) atoms. The Bertz CT molecular complexity index is 185. The molecule has 6 heteroatoms. The summed E-state index contributed by atoms with van der Waals surface area (Å²) < 4.78 is 5.43. The summed E-state index contributed by atoms with van der Waals surface area (Å²) in [5.41, 5.74) is 7.02. The van der Waals surface area contributed by atoms with Gasteiger partial charge in [-0.15, -0.1) is 0 Å². The second-order valence-electron chi connectivity index (χ2n) is 3.09. The number of nitrogens with one attached hydrogen (secondary N) is 1. The zero-order valence-corrected chi connectivity index (χ0v) is 7.73. The van der Waals surface area contributed by atoms with E-state index in [0.717, 1.165) is 19.7 Å². The van der Waals surface area contributed by atoms with E-state index < -0.39 is 0 Å². The summed E-state index contributed by atoms with van der Waals surface area (Å²) in [7, 11) is 2.03. The first-order valence-electron chi connectivity index (χ1n) is 4.22. The standard InChI is InChI=1S/C7H16N4O2/c1-11-2-3-13-6(5-11)4-9-7(8)10-12/h6,12H,2-5H2,1H3,(H3,8,9,10). The fraction of sp³-hybridized carbons (Fsp3) is 0.857. The summed E-state index contributed by atoms with van der Waals surface area (Å²) in [6, 6.07) is 0. The second kappa shape index (κ2) is 5.00. The quantitative estimate of drug-likeness (QED) is 0.282. The maximum absolute atomic E-state index is 8.36. The Morgan fingerprint density at radius 3 is 3.23 bits per heavy atom. The number of hydrogen-bond acceptors (Lipinski definition) is 4. The summed E-state index contributed by atoms with van der Waals surface area (Å²) in [6.07, 6.45) is 0.0747. The highest BCUT2D eigenvalue weighted by molar-refractivity contribution is 5.76. The van der Waals surface area contributed by atoms with Crippen LogP contribution < -0.4 is 11.2 Å². The van der Waals surface area contributed by atoms with Crippen molar-refractivity contribution in [3.05, 3.63) is 0 Å². The molecule has 1 heterocycles. The zero-order chi connectivity index (χ0) is 9.68. The molecule has 6 nitrogen and oxygen atoms in total. The average molecular weight is 188 g/mol. The number of ether oxygens (including phenoxy) is 1. The summed E-state index contributed by atoms with van der Waals surface area (Å²) in [6.45, 7) is 3.00. The smallest absolute Gasteiger partial charge is 0.212 e. The first-order valence-corrected chi connectivity index (χ1v) is 4.22. The number of aliphatic imine (C=N–C) groups is 1. The van der Waals surface area contributed by atoms with Crippen LogP contribution in [0.4, 0.5) is 0 Å². The summed E-state index contributed by atoms with van der Waals surface area (Å²) in [5.74, 6) is 0.0248. The Balaban J connectivity index is 2.28. The first-order chi connectivity index (χ1) is 6.22. The molecule has 0 aromatic carbocycles. The van der Waals surface area contributed by atoms with Crippen LogP contribution in [0, 0.1) is 0 Å². The molecule has 0 saturated carbocycles. The average Bonchev–Trinajstić information content (AvgIpc) is 2.14. The Morgan fingerprint density at radius 1 is 1.85 bits per heavy atom. The van der Waals surface area contributed by atoms with Gasteiger partial charge in [0.2, 0.25) is 5.96 Å². The molecule has 4 N–H and O–H groups in total. The van der Waals surface area contributed by atoms with Crippen LogP contribution >= 0.6 is 0 Å². The number of hydrogen-bond donors (Lipinski definition) is 3.